The second-order valence-corrected chi connectivity index (χ2v) is 6.44. The van der Waals surface area contributed by atoms with Gasteiger partial charge in [0.1, 0.15) is 12.4 Å². The van der Waals surface area contributed by atoms with Crippen molar-refractivity contribution in [2.75, 3.05) is 26.2 Å². The number of amides is 1. The molecule has 28 heavy (non-hydrogen) atoms. The number of alkyl halides is 5. The Hall–Kier alpha value is -2.68. The molecule has 0 aromatic heterocycles. The Kier molecular flexibility index (Phi) is 5.29. The van der Waals surface area contributed by atoms with E-state index >= 15 is 0 Å². The second kappa shape index (κ2) is 7.38. The Balaban J connectivity index is 1.82. The van der Waals surface area contributed by atoms with Crippen LogP contribution in [-0.2, 0) is 6.18 Å². The average molecular weight is 400 g/mol. The van der Waals surface area contributed by atoms with E-state index in [-0.39, 0.29) is 30.0 Å². The summed E-state index contributed by atoms with van der Waals surface area (Å²) in [6, 6.07) is 9.39. The van der Waals surface area contributed by atoms with Crippen molar-refractivity contribution in [3.63, 3.8) is 0 Å². The molecule has 150 valence electrons. The van der Waals surface area contributed by atoms with Crippen LogP contribution in [0.25, 0.3) is 11.1 Å². The lowest BCUT2D eigenvalue weighted by atomic mass is 10.00. The fraction of sp³-hybridized carbons (Fsp3) is 0.316. The van der Waals surface area contributed by atoms with Gasteiger partial charge in [-0.2, -0.15) is 13.2 Å². The van der Waals surface area contributed by atoms with Crippen molar-refractivity contribution in [1.82, 2.24) is 4.90 Å². The molecular formula is C19H17F5N2O2. The van der Waals surface area contributed by atoms with Crippen LogP contribution < -0.4 is 10.5 Å². The average Bonchev–Trinajstić information content (AvgIpc) is 2.63. The summed E-state index contributed by atoms with van der Waals surface area (Å²) in [6.45, 7) is -1.23. The number of rotatable bonds is 5. The molecule has 9 heteroatoms. The van der Waals surface area contributed by atoms with Crippen LogP contribution in [-0.4, -0.2) is 43.0 Å². The summed E-state index contributed by atoms with van der Waals surface area (Å²) in [5, 5.41) is 0. The van der Waals surface area contributed by atoms with Gasteiger partial charge in [0.05, 0.1) is 18.7 Å². The van der Waals surface area contributed by atoms with Crippen LogP contribution in [0.1, 0.15) is 15.9 Å². The molecule has 1 fully saturated rings. The SMILES string of the molecule is NCCOc1ccc(-c2ccc(C(=O)N3CC(F)(F)C3)cc2)cc1C(F)(F)F. The Morgan fingerprint density at radius 3 is 2.21 bits per heavy atom. The first kappa shape index (κ1) is 20.1. The Morgan fingerprint density at radius 2 is 1.68 bits per heavy atom. The molecule has 4 nitrogen and oxygen atoms in total. The first-order valence-electron chi connectivity index (χ1n) is 8.42. The molecule has 0 saturated carbocycles. The van der Waals surface area contributed by atoms with Crippen LogP contribution in [0.15, 0.2) is 42.5 Å². The van der Waals surface area contributed by atoms with Gasteiger partial charge in [-0.05, 0) is 35.4 Å². The molecular weight excluding hydrogens is 383 g/mol. The van der Waals surface area contributed by atoms with Gasteiger partial charge in [0.25, 0.3) is 11.8 Å². The smallest absolute Gasteiger partial charge is 0.419 e. The van der Waals surface area contributed by atoms with Crippen molar-refractivity contribution in [3.8, 4) is 16.9 Å². The molecule has 1 heterocycles. The lowest BCUT2D eigenvalue weighted by Crippen LogP contribution is -2.58. The molecule has 1 aliphatic rings. The summed E-state index contributed by atoms with van der Waals surface area (Å²) < 4.78 is 70.8. The van der Waals surface area contributed by atoms with Crippen LogP contribution in [0.4, 0.5) is 22.0 Å². The molecule has 0 aliphatic carbocycles. The van der Waals surface area contributed by atoms with Crippen molar-refractivity contribution < 1.29 is 31.5 Å². The van der Waals surface area contributed by atoms with Crippen LogP contribution in [0.2, 0.25) is 0 Å². The van der Waals surface area contributed by atoms with Crippen molar-refractivity contribution >= 4 is 5.91 Å². The molecule has 3 rings (SSSR count). The maximum absolute atomic E-state index is 13.3. The minimum absolute atomic E-state index is 0.0468. The third kappa shape index (κ3) is 4.24. The number of halogens is 5. The highest BCUT2D eigenvalue weighted by molar-refractivity contribution is 5.95. The van der Waals surface area contributed by atoms with Gasteiger partial charge in [0, 0.05) is 12.1 Å². The molecule has 0 unspecified atom stereocenters. The van der Waals surface area contributed by atoms with Gasteiger partial charge in [-0.15, -0.1) is 0 Å². The van der Waals surface area contributed by atoms with E-state index in [1.807, 2.05) is 0 Å². The number of nitrogens with zero attached hydrogens (tertiary/aromatic N) is 1. The molecule has 0 bridgehead atoms. The number of nitrogens with two attached hydrogens (primary N) is 1. The summed E-state index contributed by atoms with van der Waals surface area (Å²) in [4.78, 5) is 13.1. The maximum atomic E-state index is 13.3. The topological polar surface area (TPSA) is 55.6 Å². The van der Waals surface area contributed by atoms with Crippen LogP contribution >= 0.6 is 0 Å². The maximum Gasteiger partial charge on any atom is 0.419 e. The molecule has 0 atom stereocenters. The Bertz CT molecular complexity index is 858. The van der Waals surface area contributed by atoms with Gasteiger partial charge >= 0.3 is 6.18 Å². The zero-order valence-electron chi connectivity index (χ0n) is 14.6. The van der Waals surface area contributed by atoms with Crippen molar-refractivity contribution in [3.05, 3.63) is 53.6 Å². The minimum atomic E-state index is -4.61. The fourth-order valence-corrected chi connectivity index (χ4v) is 2.87. The number of hydrogen-bond donors (Lipinski definition) is 1. The summed E-state index contributed by atoms with van der Waals surface area (Å²) in [5.74, 6) is -3.72. The van der Waals surface area contributed by atoms with E-state index in [1.54, 1.807) is 0 Å². The number of likely N-dealkylation sites (tertiary alicyclic amines) is 1. The van der Waals surface area contributed by atoms with Crippen molar-refractivity contribution in [1.29, 1.82) is 0 Å². The summed E-state index contributed by atoms with van der Waals surface area (Å²) >= 11 is 0. The number of ether oxygens (including phenoxy) is 1. The van der Waals surface area contributed by atoms with E-state index in [4.69, 9.17) is 10.5 Å². The van der Waals surface area contributed by atoms with E-state index in [2.05, 4.69) is 0 Å². The monoisotopic (exact) mass is 400 g/mol. The van der Waals surface area contributed by atoms with Crippen molar-refractivity contribution in [2.45, 2.75) is 12.1 Å². The first-order chi connectivity index (χ1) is 13.1. The lowest BCUT2D eigenvalue weighted by molar-refractivity contribution is -0.138. The van der Waals surface area contributed by atoms with Crippen LogP contribution in [0.5, 0.6) is 5.75 Å². The molecule has 2 N–H and O–H groups in total. The van der Waals surface area contributed by atoms with E-state index in [0.29, 0.717) is 5.56 Å². The molecule has 1 aliphatic heterocycles. The highest BCUT2D eigenvalue weighted by Crippen LogP contribution is 2.39. The molecule has 0 spiro atoms. The number of hydrogen-bond acceptors (Lipinski definition) is 3. The predicted molar refractivity (Wildman–Crippen MR) is 92.3 cm³/mol. The third-order valence-electron chi connectivity index (χ3n) is 4.26. The van der Waals surface area contributed by atoms with Crippen molar-refractivity contribution in [2.24, 2.45) is 5.73 Å². The summed E-state index contributed by atoms with van der Waals surface area (Å²) in [6.07, 6.45) is -4.61. The molecule has 1 amide bonds. The van der Waals surface area contributed by atoms with Gasteiger partial charge in [0.2, 0.25) is 0 Å². The lowest BCUT2D eigenvalue weighted by Gasteiger charge is -2.38. The minimum Gasteiger partial charge on any atom is -0.492 e. The van der Waals surface area contributed by atoms with E-state index in [1.165, 1.54) is 36.4 Å². The number of carbonyl (C=O) groups is 1. The highest BCUT2D eigenvalue weighted by atomic mass is 19.4. The van der Waals surface area contributed by atoms with Gasteiger partial charge in [0.15, 0.2) is 0 Å². The van der Waals surface area contributed by atoms with Gasteiger partial charge in [-0.1, -0.05) is 18.2 Å². The standard InChI is InChI=1S/C19H17F5N2O2/c20-18(21)10-26(11-18)17(27)13-3-1-12(2-4-13)14-5-6-16(28-8-7-25)15(9-14)19(22,23)24/h1-6,9H,7-8,10-11,25H2. The third-order valence-corrected chi connectivity index (χ3v) is 4.26. The molecule has 1 saturated heterocycles. The predicted octanol–water partition coefficient (Wildman–Crippen LogP) is 3.80. The summed E-state index contributed by atoms with van der Waals surface area (Å²) in [5.41, 5.74) is 5.26. The van der Waals surface area contributed by atoms with E-state index in [0.717, 1.165) is 11.0 Å². The van der Waals surface area contributed by atoms with Gasteiger partial charge in [-0.25, -0.2) is 8.78 Å². The zero-order chi connectivity index (χ0) is 20.5. The van der Waals surface area contributed by atoms with Gasteiger partial charge in [-0.3, -0.25) is 4.79 Å². The summed E-state index contributed by atoms with van der Waals surface area (Å²) in [7, 11) is 0. The first-order valence-corrected chi connectivity index (χ1v) is 8.42. The Labute approximate surface area is 157 Å². The zero-order valence-corrected chi connectivity index (χ0v) is 14.6. The normalized spacial score (nSPS) is 15.9. The fourth-order valence-electron chi connectivity index (χ4n) is 2.87. The van der Waals surface area contributed by atoms with Gasteiger partial charge < -0.3 is 15.4 Å². The van der Waals surface area contributed by atoms with E-state index in [9.17, 15) is 26.7 Å². The Morgan fingerprint density at radius 1 is 1.07 bits per heavy atom. The molecule has 2 aromatic rings. The van der Waals surface area contributed by atoms with E-state index < -0.39 is 36.7 Å². The highest BCUT2D eigenvalue weighted by Gasteiger charge is 2.46. The van der Waals surface area contributed by atoms with Crippen LogP contribution in [0, 0.1) is 0 Å². The number of benzene rings is 2. The molecule has 2 aromatic carbocycles. The quantitative estimate of drug-likeness (QED) is 0.777. The number of carbonyl (C=O) groups excluding carboxylic acids is 1. The largest absolute Gasteiger partial charge is 0.492 e. The van der Waals surface area contributed by atoms with Crippen LogP contribution in [0.3, 0.4) is 0 Å². The second-order valence-electron chi connectivity index (χ2n) is 6.44. The molecule has 0 radical (unpaired) electrons.